The van der Waals surface area contributed by atoms with Crippen LogP contribution in [0.5, 0.6) is 0 Å². The number of imidazole rings is 1. The van der Waals surface area contributed by atoms with Crippen molar-refractivity contribution in [3.63, 3.8) is 0 Å². The molecule has 0 aliphatic rings. The van der Waals surface area contributed by atoms with E-state index < -0.39 is 0 Å². The molecule has 0 unspecified atom stereocenters. The lowest BCUT2D eigenvalue weighted by Crippen LogP contribution is -2.16. The van der Waals surface area contributed by atoms with Gasteiger partial charge in [-0.05, 0) is 12.1 Å². The molecule has 0 atom stereocenters. The van der Waals surface area contributed by atoms with Gasteiger partial charge in [0, 0.05) is 36.4 Å². The first-order valence-electron chi connectivity index (χ1n) is 5.56. The van der Waals surface area contributed by atoms with Gasteiger partial charge in [0.15, 0.2) is 4.96 Å². The topological polar surface area (TPSA) is 42.5 Å². The summed E-state index contributed by atoms with van der Waals surface area (Å²) in [5.41, 5.74) is 1.30. The second-order valence-electron chi connectivity index (χ2n) is 3.81. The smallest absolute Gasteiger partial charge is 0.193 e. The molecule has 0 aromatic carbocycles. The van der Waals surface area contributed by atoms with E-state index in [1.54, 1.807) is 17.6 Å². The SMILES string of the molecule is c1coc(CNCCc2csc3nccn23)c1. The molecule has 88 valence electrons. The quantitative estimate of drug-likeness (QED) is 0.704. The molecule has 3 rings (SSSR count). The van der Waals surface area contributed by atoms with Gasteiger partial charge in [0.2, 0.25) is 0 Å². The van der Waals surface area contributed by atoms with E-state index in [1.165, 1.54) is 5.69 Å². The molecule has 0 saturated carbocycles. The summed E-state index contributed by atoms with van der Waals surface area (Å²) in [5.74, 6) is 0.975. The molecule has 3 aromatic heterocycles. The zero-order valence-electron chi connectivity index (χ0n) is 9.30. The summed E-state index contributed by atoms with van der Waals surface area (Å²) >= 11 is 1.68. The number of nitrogens with one attached hydrogen (secondary N) is 1. The summed E-state index contributed by atoms with van der Waals surface area (Å²) in [6.07, 6.45) is 6.54. The van der Waals surface area contributed by atoms with E-state index in [0.717, 1.165) is 30.2 Å². The predicted octanol–water partition coefficient (Wildman–Crippen LogP) is 2.32. The largest absolute Gasteiger partial charge is 0.468 e. The molecule has 0 amide bonds. The maximum atomic E-state index is 5.25. The summed E-state index contributed by atoms with van der Waals surface area (Å²) in [4.78, 5) is 5.32. The van der Waals surface area contributed by atoms with E-state index in [4.69, 9.17) is 4.42 Å². The summed E-state index contributed by atoms with van der Waals surface area (Å²) in [7, 11) is 0. The molecule has 0 radical (unpaired) electrons. The minimum atomic E-state index is 0.782. The fourth-order valence-corrected chi connectivity index (χ4v) is 2.68. The zero-order valence-corrected chi connectivity index (χ0v) is 10.1. The Morgan fingerprint density at radius 3 is 3.35 bits per heavy atom. The third kappa shape index (κ3) is 2.25. The van der Waals surface area contributed by atoms with Crippen molar-refractivity contribution >= 4 is 16.3 Å². The predicted molar refractivity (Wildman–Crippen MR) is 67.2 cm³/mol. The van der Waals surface area contributed by atoms with Crippen LogP contribution in [0.3, 0.4) is 0 Å². The number of rotatable bonds is 5. The standard InChI is InChI=1S/C12H13N3OS/c1-2-11(16-7-1)8-13-4-3-10-9-17-12-14-5-6-15(10)12/h1-2,5-7,9,13H,3-4,8H2. The Labute approximate surface area is 103 Å². The molecule has 0 aliphatic carbocycles. The third-order valence-electron chi connectivity index (χ3n) is 2.65. The number of fused-ring (bicyclic) bond motifs is 1. The number of aromatic nitrogens is 2. The van der Waals surface area contributed by atoms with Crippen LogP contribution in [0, 0.1) is 0 Å². The lowest BCUT2D eigenvalue weighted by atomic mass is 10.3. The van der Waals surface area contributed by atoms with E-state index in [0.29, 0.717) is 0 Å². The van der Waals surface area contributed by atoms with Gasteiger partial charge >= 0.3 is 0 Å². The number of hydrogen-bond acceptors (Lipinski definition) is 4. The Kier molecular flexibility index (Phi) is 2.94. The monoisotopic (exact) mass is 247 g/mol. The molecule has 3 aromatic rings. The van der Waals surface area contributed by atoms with Crippen LogP contribution in [0.15, 0.2) is 40.6 Å². The second-order valence-corrected chi connectivity index (χ2v) is 4.65. The zero-order chi connectivity index (χ0) is 11.5. The Hall–Kier alpha value is -1.59. The van der Waals surface area contributed by atoms with Crippen molar-refractivity contribution in [2.75, 3.05) is 6.54 Å². The van der Waals surface area contributed by atoms with E-state index >= 15 is 0 Å². The van der Waals surface area contributed by atoms with Crippen molar-refractivity contribution in [2.24, 2.45) is 0 Å². The summed E-state index contributed by atoms with van der Waals surface area (Å²) in [6, 6.07) is 3.89. The van der Waals surface area contributed by atoms with Gasteiger partial charge in [-0.1, -0.05) is 0 Å². The molecule has 5 heteroatoms. The molecule has 17 heavy (non-hydrogen) atoms. The average molecular weight is 247 g/mol. The highest BCUT2D eigenvalue weighted by Crippen LogP contribution is 2.14. The van der Waals surface area contributed by atoms with Crippen molar-refractivity contribution in [2.45, 2.75) is 13.0 Å². The van der Waals surface area contributed by atoms with E-state index in [1.807, 2.05) is 24.5 Å². The lowest BCUT2D eigenvalue weighted by Gasteiger charge is -2.02. The normalized spacial score (nSPS) is 11.3. The number of furan rings is 1. The molecule has 0 spiro atoms. The van der Waals surface area contributed by atoms with Gasteiger partial charge in [-0.15, -0.1) is 11.3 Å². The van der Waals surface area contributed by atoms with E-state index in [2.05, 4.69) is 20.1 Å². The van der Waals surface area contributed by atoms with Crippen LogP contribution in [0.1, 0.15) is 11.5 Å². The van der Waals surface area contributed by atoms with Gasteiger partial charge in [-0.3, -0.25) is 4.40 Å². The molecule has 0 aliphatic heterocycles. The maximum absolute atomic E-state index is 5.25. The first-order chi connectivity index (χ1) is 8.43. The van der Waals surface area contributed by atoms with Gasteiger partial charge in [-0.25, -0.2) is 4.98 Å². The van der Waals surface area contributed by atoms with Crippen LogP contribution < -0.4 is 5.32 Å². The van der Waals surface area contributed by atoms with E-state index in [9.17, 15) is 0 Å². The van der Waals surface area contributed by atoms with Crippen molar-refractivity contribution < 1.29 is 4.42 Å². The second kappa shape index (κ2) is 4.73. The molecule has 3 heterocycles. The minimum absolute atomic E-state index is 0.782. The highest BCUT2D eigenvalue weighted by atomic mass is 32.1. The summed E-state index contributed by atoms with van der Waals surface area (Å²) < 4.78 is 7.39. The fraction of sp³-hybridized carbons (Fsp3) is 0.250. The Bertz CT molecular complexity index is 582. The molecular weight excluding hydrogens is 234 g/mol. The van der Waals surface area contributed by atoms with Gasteiger partial charge in [-0.2, -0.15) is 0 Å². The number of thiazole rings is 1. The van der Waals surface area contributed by atoms with Crippen LogP contribution in [-0.2, 0) is 13.0 Å². The molecule has 0 saturated heterocycles. The molecule has 4 nitrogen and oxygen atoms in total. The van der Waals surface area contributed by atoms with Crippen molar-refractivity contribution in [3.8, 4) is 0 Å². The molecule has 0 fully saturated rings. The van der Waals surface area contributed by atoms with Crippen molar-refractivity contribution in [1.82, 2.24) is 14.7 Å². The number of nitrogens with zero attached hydrogens (tertiary/aromatic N) is 2. The van der Waals surface area contributed by atoms with Crippen molar-refractivity contribution in [3.05, 3.63) is 47.6 Å². The first kappa shape index (κ1) is 10.6. The molecule has 1 N–H and O–H groups in total. The Morgan fingerprint density at radius 2 is 2.47 bits per heavy atom. The van der Waals surface area contributed by atoms with Crippen LogP contribution in [0.25, 0.3) is 4.96 Å². The highest BCUT2D eigenvalue weighted by molar-refractivity contribution is 7.15. The Morgan fingerprint density at radius 1 is 1.47 bits per heavy atom. The lowest BCUT2D eigenvalue weighted by molar-refractivity contribution is 0.483. The van der Waals surface area contributed by atoms with Crippen LogP contribution in [-0.4, -0.2) is 15.9 Å². The first-order valence-corrected chi connectivity index (χ1v) is 6.44. The fourth-order valence-electron chi connectivity index (χ4n) is 1.79. The molecular formula is C12H13N3OS. The van der Waals surface area contributed by atoms with Crippen LogP contribution >= 0.6 is 11.3 Å². The maximum Gasteiger partial charge on any atom is 0.193 e. The minimum Gasteiger partial charge on any atom is -0.468 e. The van der Waals surface area contributed by atoms with Crippen LogP contribution in [0.4, 0.5) is 0 Å². The van der Waals surface area contributed by atoms with Crippen molar-refractivity contribution in [1.29, 1.82) is 0 Å². The average Bonchev–Trinajstić information content (AvgIpc) is 3.03. The van der Waals surface area contributed by atoms with Gasteiger partial charge in [0.05, 0.1) is 12.8 Å². The van der Waals surface area contributed by atoms with Gasteiger partial charge in [0.25, 0.3) is 0 Å². The van der Waals surface area contributed by atoms with E-state index in [-0.39, 0.29) is 0 Å². The van der Waals surface area contributed by atoms with Gasteiger partial charge < -0.3 is 9.73 Å². The molecule has 0 bridgehead atoms. The third-order valence-corrected chi connectivity index (χ3v) is 3.56. The van der Waals surface area contributed by atoms with Crippen LogP contribution in [0.2, 0.25) is 0 Å². The Balaban J connectivity index is 1.53. The summed E-state index contributed by atoms with van der Waals surface area (Å²) in [6.45, 7) is 1.72. The highest BCUT2D eigenvalue weighted by Gasteiger charge is 2.03. The summed E-state index contributed by atoms with van der Waals surface area (Å²) in [5, 5.41) is 5.52. The number of hydrogen-bond donors (Lipinski definition) is 1. The van der Waals surface area contributed by atoms with Gasteiger partial charge in [0.1, 0.15) is 5.76 Å².